The first-order valence-corrected chi connectivity index (χ1v) is 12.1. The van der Waals surface area contributed by atoms with Crippen molar-refractivity contribution in [3.05, 3.63) is 0 Å². The van der Waals surface area contributed by atoms with Gasteiger partial charge in [0.15, 0.2) is 0 Å². The topological polar surface area (TPSA) is 239 Å². The molecular weight excluding hydrogens is 1080 g/mol. The van der Waals surface area contributed by atoms with E-state index in [1.807, 2.05) is 0 Å². The molecule has 0 aromatic heterocycles. The summed E-state index contributed by atoms with van der Waals surface area (Å²) in [5.41, 5.74) is 0. The fraction of sp³-hybridized carbons (Fsp3) is 0. The van der Waals surface area contributed by atoms with Gasteiger partial charge in [0.1, 0.15) is 0 Å². The van der Waals surface area contributed by atoms with Crippen molar-refractivity contribution in [3.8, 4) is 0 Å². The first kappa shape index (κ1) is 181. The second-order valence-electron chi connectivity index (χ2n) is 0. The summed E-state index contributed by atoms with van der Waals surface area (Å²) in [6, 6.07) is 0. The van der Waals surface area contributed by atoms with Gasteiger partial charge in [-0.3, -0.25) is 0 Å². The van der Waals surface area contributed by atoms with Crippen LogP contribution >= 0.6 is 0 Å². The molecule has 0 fully saturated rings. The van der Waals surface area contributed by atoms with Gasteiger partial charge >= 0.3 is 733 Å². The van der Waals surface area contributed by atoms with Crippen molar-refractivity contribution < 1.29 is 53.2 Å². The van der Waals surface area contributed by atoms with Gasteiger partial charge in [-0.25, -0.2) is 0 Å². The van der Waals surface area contributed by atoms with Gasteiger partial charge in [-0.05, 0) is 0 Å². The van der Waals surface area contributed by atoms with E-state index in [0.29, 0.717) is 227 Å². The van der Waals surface area contributed by atoms with Crippen LogP contribution in [0.3, 0.4) is 0 Å². The van der Waals surface area contributed by atoms with Crippen LogP contribution in [-0.2, 0) is 53.2 Å². The van der Waals surface area contributed by atoms with Crippen LogP contribution in [0.2, 0.25) is 0 Å². The standard InChI is InChI=1S/14Al.12Ca.14O.38H. The van der Waals surface area contributed by atoms with E-state index in [4.69, 9.17) is 53.2 Å². The third kappa shape index (κ3) is 476. The fourth-order valence-electron chi connectivity index (χ4n) is 0. The number of hydrogen-bond acceptors (Lipinski definition) is 14. The summed E-state index contributed by atoms with van der Waals surface area (Å²) in [6.45, 7) is 0. The minimum atomic E-state index is 0. The molecule has 0 aliphatic heterocycles. The van der Waals surface area contributed by atoms with Crippen LogP contribution in [0, 0.1) is 0 Å². The first-order chi connectivity index (χ1) is 14.0. The Hall–Kier alpha value is 19.8. The van der Waals surface area contributed by atoms with Gasteiger partial charge in [-0.1, -0.05) is 0 Å². The van der Waals surface area contributed by atoms with Crippen LogP contribution in [0.1, 0.15) is 0 Å². The third-order valence-electron chi connectivity index (χ3n) is 0. The normalized spacial score (nSPS) is 1.05. The van der Waals surface area contributed by atoms with E-state index in [2.05, 4.69) is 0 Å². The average Bonchev–Trinajstić information content (AvgIpc) is 2.95. The summed E-state index contributed by atoms with van der Waals surface area (Å²) in [5.74, 6) is 0. The summed E-state index contributed by atoms with van der Waals surface area (Å²) >= 11 is 8.56. The molecule has 40 heteroatoms. The Morgan fingerprint density at radius 2 is 0.100 bits per heavy atom. The van der Waals surface area contributed by atoms with Gasteiger partial charge in [-0.15, -0.1) is 0 Å². The average molecular weight is 1120 g/mol. The summed E-state index contributed by atoms with van der Waals surface area (Å²) in [5, 5.41) is 0. The van der Waals surface area contributed by atoms with Gasteiger partial charge in [0.05, 0.1) is 0 Å². The van der Waals surface area contributed by atoms with Crippen molar-refractivity contribution >= 4 is 680 Å². The molecule has 0 aromatic carbocycles. The molecule has 0 rings (SSSR count). The molecule has 0 unspecified atom stereocenters. The zero-order chi connectivity index (χ0) is 28.0. The van der Waals surface area contributed by atoms with Crippen LogP contribution in [0.15, 0.2) is 0 Å². The van der Waals surface area contributed by atoms with E-state index in [1.54, 1.807) is 0 Å². The number of rotatable bonds is 0. The summed E-state index contributed by atoms with van der Waals surface area (Å²) in [7, 11) is 0. The Bertz CT molecular complexity index is 117. The van der Waals surface area contributed by atoms with Gasteiger partial charge < -0.3 is 0 Å². The fourth-order valence-corrected chi connectivity index (χ4v) is 0. The SMILES string of the molecule is [CaH2].[CaH2].[CaH2].[CaH2].[CaH2].[CaH2].[CaH2].[CaH2].[CaH2].[CaH2].[CaH2].[CaH2].[O]=[AlH].[O]=[AlH].[O]=[AlH].[O]=[AlH].[O]=[AlH].[O]=[AlH].[O]=[AlH].[O]=[AlH].[O]=[AlH].[O]=[AlH].[O]=[AlH].[O]=[AlH].[O]=[AlH].[O]=[AlH]. The van der Waals surface area contributed by atoms with Crippen molar-refractivity contribution in [2.45, 2.75) is 0 Å². The molecule has 0 amide bonds. The van der Waals surface area contributed by atoms with Crippen molar-refractivity contribution in [2.75, 3.05) is 0 Å². The maximum atomic E-state index is 8.28. The van der Waals surface area contributed by atoms with E-state index in [9.17, 15) is 0 Å². The van der Waals surface area contributed by atoms with Crippen LogP contribution < -0.4 is 0 Å². The summed E-state index contributed by atoms with van der Waals surface area (Å²) in [4.78, 5) is 0. The first-order valence-electron chi connectivity index (χ1n) is 4.04. The van der Waals surface area contributed by atoms with Crippen molar-refractivity contribution in [3.63, 3.8) is 0 Å². The Kier molecular flexibility index (Phi) is 2270. The zero-order valence-corrected chi connectivity index (χ0v) is 35.4. The van der Waals surface area contributed by atoms with Gasteiger partial charge in [-0.2, -0.15) is 0 Å². The molecule has 40 heavy (non-hydrogen) atoms. The Labute approximate surface area is 708 Å². The molecule has 0 aliphatic carbocycles. The zero-order valence-electron chi connectivity index (χ0n) is 15.6. The Balaban J connectivity index is -0.00000000215. The molecular formula is H38Al14Ca12O14. The molecule has 0 N–H and O–H groups in total. The van der Waals surface area contributed by atoms with E-state index in [-0.39, 0.29) is 453 Å². The van der Waals surface area contributed by atoms with Crippen molar-refractivity contribution in [2.24, 2.45) is 0 Å². The van der Waals surface area contributed by atoms with Crippen LogP contribution in [-0.4, -0.2) is 680 Å². The van der Waals surface area contributed by atoms with Crippen LogP contribution in [0.4, 0.5) is 0 Å². The quantitative estimate of drug-likeness (QED) is 0.205. The molecule has 0 bridgehead atoms. The van der Waals surface area contributed by atoms with Gasteiger partial charge in [0.2, 0.25) is 0 Å². The molecule has 14 nitrogen and oxygen atoms in total. The van der Waals surface area contributed by atoms with Crippen LogP contribution in [0.25, 0.3) is 0 Å². The predicted octanol–water partition coefficient (Wildman–Crippen LogP) is -21.7. The molecule has 0 spiro atoms. The van der Waals surface area contributed by atoms with Gasteiger partial charge in [0.25, 0.3) is 0 Å². The Morgan fingerprint density at radius 1 is 0.100 bits per heavy atom. The molecule has 0 aliphatic rings. The molecule has 0 atom stereocenters. The molecule has 0 radical (unpaired) electrons. The number of hydrogen-bond donors (Lipinski definition) is 0. The Morgan fingerprint density at radius 3 is 0.100 bits per heavy atom. The summed E-state index contributed by atoms with van der Waals surface area (Å²) < 4.78 is 116. The molecule has 0 saturated carbocycles. The maximum absolute atomic E-state index is 8.28. The van der Waals surface area contributed by atoms with Crippen molar-refractivity contribution in [1.29, 1.82) is 0 Å². The second kappa shape index (κ2) is 502. The van der Waals surface area contributed by atoms with Crippen molar-refractivity contribution in [1.82, 2.24) is 0 Å². The van der Waals surface area contributed by atoms with E-state index >= 15 is 0 Å². The third-order valence-corrected chi connectivity index (χ3v) is 0. The van der Waals surface area contributed by atoms with Gasteiger partial charge in [0, 0.05) is 0 Å². The van der Waals surface area contributed by atoms with E-state index in [0.717, 1.165) is 0 Å². The van der Waals surface area contributed by atoms with E-state index in [1.165, 1.54) is 0 Å². The summed E-state index contributed by atoms with van der Waals surface area (Å²) in [6.07, 6.45) is 0. The predicted molar refractivity (Wildman–Crippen MR) is 212 cm³/mol. The molecule has 0 saturated heterocycles. The molecule has 0 aromatic rings. The van der Waals surface area contributed by atoms with E-state index < -0.39 is 0 Å². The minimum absolute atomic E-state index is 0. The molecule has 188 valence electrons. The molecule has 0 heterocycles. The second-order valence-corrected chi connectivity index (χ2v) is 0. The van der Waals surface area contributed by atoms with Crippen LogP contribution in [0.5, 0.6) is 0 Å². The monoisotopic (exact) mass is 1120 g/mol.